The molecule has 0 bridgehead atoms. The Kier molecular flexibility index (Phi) is 4.67. The van der Waals surface area contributed by atoms with Gasteiger partial charge in [0.05, 0.1) is 4.90 Å². The molecule has 0 spiro atoms. The summed E-state index contributed by atoms with van der Waals surface area (Å²) in [7, 11) is -3.60. The molecule has 0 radical (unpaired) electrons. The van der Waals surface area contributed by atoms with Crippen LogP contribution in [-0.2, 0) is 10.0 Å². The second-order valence-corrected chi connectivity index (χ2v) is 6.39. The van der Waals surface area contributed by atoms with Gasteiger partial charge >= 0.3 is 5.97 Å². The molecule has 1 heterocycles. The van der Waals surface area contributed by atoms with Crippen LogP contribution in [0.5, 0.6) is 0 Å². The predicted molar refractivity (Wildman–Crippen MR) is 66.0 cm³/mol. The molecule has 1 rings (SSSR count). The van der Waals surface area contributed by atoms with Crippen molar-refractivity contribution in [1.29, 1.82) is 0 Å². The van der Waals surface area contributed by atoms with Gasteiger partial charge in [0.1, 0.15) is 4.88 Å². The van der Waals surface area contributed by atoms with E-state index in [4.69, 9.17) is 5.11 Å². The van der Waals surface area contributed by atoms with Crippen LogP contribution in [0, 0.1) is 0 Å². The molecule has 0 aliphatic carbocycles. The van der Waals surface area contributed by atoms with Crippen molar-refractivity contribution in [1.82, 2.24) is 4.72 Å². The van der Waals surface area contributed by atoms with Crippen molar-refractivity contribution in [3.63, 3.8) is 0 Å². The first-order valence-electron chi connectivity index (χ1n) is 5.21. The number of carboxylic acid groups (broad SMARTS) is 1. The maximum Gasteiger partial charge on any atom is 0.345 e. The lowest BCUT2D eigenvalue weighted by Crippen LogP contribution is -2.32. The fourth-order valence-corrected chi connectivity index (χ4v) is 3.79. The summed E-state index contributed by atoms with van der Waals surface area (Å²) in [5.41, 5.74) is 0. The molecule has 1 unspecified atom stereocenters. The van der Waals surface area contributed by atoms with Crippen LogP contribution in [-0.4, -0.2) is 25.5 Å². The van der Waals surface area contributed by atoms with Gasteiger partial charge < -0.3 is 5.11 Å². The number of carboxylic acids is 1. The van der Waals surface area contributed by atoms with Crippen LogP contribution in [0.15, 0.2) is 16.3 Å². The first-order chi connectivity index (χ1) is 7.86. The number of rotatable bonds is 6. The van der Waals surface area contributed by atoms with E-state index < -0.39 is 16.0 Å². The van der Waals surface area contributed by atoms with Crippen LogP contribution < -0.4 is 4.72 Å². The summed E-state index contributed by atoms with van der Waals surface area (Å²) < 4.78 is 26.2. The van der Waals surface area contributed by atoms with E-state index in [1.54, 1.807) is 6.92 Å². The second-order valence-electron chi connectivity index (χ2n) is 3.76. The van der Waals surface area contributed by atoms with Crippen molar-refractivity contribution < 1.29 is 18.3 Å². The molecule has 0 aliphatic rings. The molecule has 7 heteroatoms. The third-order valence-corrected chi connectivity index (χ3v) is 4.81. The highest BCUT2D eigenvalue weighted by atomic mass is 32.2. The topological polar surface area (TPSA) is 83.5 Å². The van der Waals surface area contributed by atoms with Gasteiger partial charge in [0, 0.05) is 11.4 Å². The number of nitrogens with one attached hydrogen (secondary N) is 1. The smallest absolute Gasteiger partial charge is 0.345 e. The van der Waals surface area contributed by atoms with E-state index in [1.807, 2.05) is 6.92 Å². The van der Waals surface area contributed by atoms with Crippen LogP contribution >= 0.6 is 11.3 Å². The molecule has 2 N–H and O–H groups in total. The van der Waals surface area contributed by atoms with Gasteiger partial charge in [-0.25, -0.2) is 17.9 Å². The lowest BCUT2D eigenvalue weighted by atomic mass is 10.2. The standard InChI is InChI=1S/C10H15NO4S2/c1-3-4-7(2)11-17(14,15)8-5-9(10(12)13)16-6-8/h5-7,11H,3-4H2,1-2H3,(H,12,13). The zero-order valence-corrected chi connectivity index (χ0v) is 11.3. The number of carbonyl (C=O) groups is 1. The Bertz CT molecular complexity index is 492. The minimum atomic E-state index is -3.60. The van der Waals surface area contributed by atoms with Gasteiger partial charge in [-0.2, -0.15) is 0 Å². The molecule has 5 nitrogen and oxygen atoms in total. The normalized spacial score (nSPS) is 13.5. The van der Waals surface area contributed by atoms with E-state index >= 15 is 0 Å². The molecule has 0 aromatic carbocycles. The average molecular weight is 277 g/mol. The first-order valence-corrected chi connectivity index (χ1v) is 7.57. The SMILES string of the molecule is CCCC(C)NS(=O)(=O)c1csc(C(=O)O)c1. The largest absolute Gasteiger partial charge is 0.477 e. The van der Waals surface area contributed by atoms with E-state index in [0.717, 1.165) is 24.2 Å². The van der Waals surface area contributed by atoms with Crippen LogP contribution in [0.4, 0.5) is 0 Å². The molecule has 0 saturated heterocycles. The number of hydrogen-bond donors (Lipinski definition) is 2. The van der Waals surface area contributed by atoms with E-state index in [9.17, 15) is 13.2 Å². The molecule has 0 saturated carbocycles. The first kappa shape index (κ1) is 14.1. The zero-order valence-electron chi connectivity index (χ0n) is 9.63. The highest BCUT2D eigenvalue weighted by molar-refractivity contribution is 7.89. The zero-order chi connectivity index (χ0) is 13.1. The number of hydrogen-bond acceptors (Lipinski definition) is 4. The fourth-order valence-electron chi connectivity index (χ4n) is 1.40. The van der Waals surface area contributed by atoms with Gasteiger partial charge in [-0.05, 0) is 19.4 Å². The highest BCUT2D eigenvalue weighted by Crippen LogP contribution is 2.19. The van der Waals surface area contributed by atoms with Gasteiger partial charge in [-0.1, -0.05) is 13.3 Å². The van der Waals surface area contributed by atoms with Crippen LogP contribution in [0.25, 0.3) is 0 Å². The second kappa shape index (κ2) is 5.61. The lowest BCUT2D eigenvalue weighted by molar-refractivity contribution is 0.0702. The maximum absolute atomic E-state index is 11.9. The summed E-state index contributed by atoms with van der Waals surface area (Å²) in [6, 6.07) is 1.02. The Hall–Kier alpha value is -0.920. The Balaban J connectivity index is 2.86. The highest BCUT2D eigenvalue weighted by Gasteiger charge is 2.20. The van der Waals surface area contributed by atoms with Gasteiger partial charge in [0.2, 0.25) is 10.0 Å². The summed E-state index contributed by atoms with van der Waals surface area (Å²) in [5.74, 6) is -1.11. The molecule has 1 atom stereocenters. The van der Waals surface area contributed by atoms with E-state index in [1.165, 1.54) is 11.4 Å². The average Bonchev–Trinajstić information content (AvgIpc) is 2.65. The van der Waals surface area contributed by atoms with E-state index in [2.05, 4.69) is 4.72 Å². The minimum absolute atomic E-state index is 0.0165. The molecule has 17 heavy (non-hydrogen) atoms. The Morgan fingerprint density at radius 2 is 2.24 bits per heavy atom. The molecule has 0 aliphatic heterocycles. The van der Waals surface area contributed by atoms with Crippen molar-refractivity contribution in [2.24, 2.45) is 0 Å². The molecule has 96 valence electrons. The van der Waals surface area contributed by atoms with Crippen molar-refractivity contribution >= 4 is 27.3 Å². The van der Waals surface area contributed by atoms with Gasteiger partial charge in [0.15, 0.2) is 0 Å². The Morgan fingerprint density at radius 3 is 2.71 bits per heavy atom. The number of aromatic carboxylic acids is 1. The predicted octanol–water partition coefficient (Wildman–Crippen LogP) is 1.91. The van der Waals surface area contributed by atoms with Crippen LogP contribution in [0.3, 0.4) is 0 Å². The van der Waals surface area contributed by atoms with Crippen molar-refractivity contribution in [2.75, 3.05) is 0 Å². The van der Waals surface area contributed by atoms with Gasteiger partial charge in [0.25, 0.3) is 0 Å². The molecular formula is C10H15NO4S2. The van der Waals surface area contributed by atoms with Crippen LogP contribution in [0.2, 0.25) is 0 Å². The summed E-state index contributed by atoms with van der Waals surface area (Å²) in [6.45, 7) is 3.75. The number of sulfonamides is 1. The molecule has 1 aromatic rings. The Labute approximate surface area is 105 Å². The monoisotopic (exact) mass is 277 g/mol. The maximum atomic E-state index is 11.9. The minimum Gasteiger partial charge on any atom is -0.477 e. The molecule has 1 aromatic heterocycles. The van der Waals surface area contributed by atoms with Crippen molar-refractivity contribution in [3.8, 4) is 0 Å². The van der Waals surface area contributed by atoms with Crippen molar-refractivity contribution in [2.45, 2.75) is 37.6 Å². The summed E-state index contributed by atoms with van der Waals surface area (Å²) in [4.78, 5) is 10.7. The molecule has 0 fully saturated rings. The fraction of sp³-hybridized carbons (Fsp3) is 0.500. The van der Waals surface area contributed by atoms with E-state index in [-0.39, 0.29) is 15.8 Å². The molecule has 0 amide bonds. The van der Waals surface area contributed by atoms with Gasteiger partial charge in [-0.15, -0.1) is 11.3 Å². The third-order valence-electron chi connectivity index (χ3n) is 2.17. The van der Waals surface area contributed by atoms with Gasteiger partial charge in [-0.3, -0.25) is 0 Å². The summed E-state index contributed by atoms with van der Waals surface area (Å²) >= 11 is 0.906. The summed E-state index contributed by atoms with van der Waals surface area (Å²) in [5, 5.41) is 10.1. The van der Waals surface area contributed by atoms with Crippen LogP contribution in [0.1, 0.15) is 36.4 Å². The third kappa shape index (κ3) is 3.79. The quantitative estimate of drug-likeness (QED) is 0.832. The lowest BCUT2D eigenvalue weighted by Gasteiger charge is -2.11. The van der Waals surface area contributed by atoms with E-state index in [0.29, 0.717) is 0 Å². The van der Waals surface area contributed by atoms with Crippen molar-refractivity contribution in [3.05, 3.63) is 16.3 Å². The molecular weight excluding hydrogens is 262 g/mol. The number of thiophene rings is 1. The Morgan fingerprint density at radius 1 is 1.59 bits per heavy atom. The summed E-state index contributed by atoms with van der Waals surface area (Å²) in [6.07, 6.45) is 1.63.